The van der Waals surface area contributed by atoms with E-state index in [9.17, 15) is 4.79 Å². The fraction of sp³-hybridized carbons (Fsp3) is 0.588. The van der Waals surface area contributed by atoms with Gasteiger partial charge in [-0.2, -0.15) is 0 Å². The van der Waals surface area contributed by atoms with E-state index >= 15 is 0 Å². The lowest BCUT2D eigenvalue weighted by Gasteiger charge is -2.41. The van der Waals surface area contributed by atoms with Crippen molar-refractivity contribution in [2.24, 2.45) is 11.8 Å². The second-order valence-electron chi connectivity index (χ2n) is 6.55. The molecule has 0 spiro atoms. The highest BCUT2D eigenvalue weighted by Crippen LogP contribution is 2.41. The van der Waals surface area contributed by atoms with Crippen LogP contribution >= 0.6 is 0 Å². The molecule has 3 unspecified atom stereocenters. The zero-order chi connectivity index (χ0) is 13.5. The molecule has 106 valence electrons. The highest BCUT2D eigenvalue weighted by Gasteiger charge is 2.40. The van der Waals surface area contributed by atoms with Gasteiger partial charge in [0, 0.05) is 5.92 Å². The van der Waals surface area contributed by atoms with Crippen LogP contribution in [0.1, 0.15) is 54.8 Å². The predicted octanol–water partition coefficient (Wildman–Crippen LogP) is 2.66. The van der Waals surface area contributed by atoms with Crippen molar-refractivity contribution in [3.63, 3.8) is 0 Å². The van der Waals surface area contributed by atoms with Crippen LogP contribution in [0.25, 0.3) is 0 Å². The zero-order valence-electron chi connectivity index (χ0n) is 11.8. The Hall–Kier alpha value is -1.35. The van der Waals surface area contributed by atoms with Crippen molar-refractivity contribution in [1.29, 1.82) is 0 Å². The molecular weight excluding hydrogens is 248 g/mol. The molecular formula is C17H22N2O. The molecule has 1 saturated heterocycles. The summed E-state index contributed by atoms with van der Waals surface area (Å²) >= 11 is 0. The van der Waals surface area contributed by atoms with Crippen molar-refractivity contribution < 1.29 is 4.79 Å². The monoisotopic (exact) mass is 270 g/mol. The molecule has 0 radical (unpaired) electrons. The van der Waals surface area contributed by atoms with E-state index in [4.69, 9.17) is 0 Å². The van der Waals surface area contributed by atoms with E-state index in [1.807, 2.05) is 0 Å². The molecule has 2 fully saturated rings. The Bertz CT molecular complexity index is 540. The van der Waals surface area contributed by atoms with Crippen molar-refractivity contribution in [3.05, 3.63) is 34.9 Å². The fourth-order valence-corrected chi connectivity index (χ4v) is 4.35. The topological polar surface area (TPSA) is 41.1 Å². The minimum Gasteiger partial charge on any atom is -0.291 e. The summed E-state index contributed by atoms with van der Waals surface area (Å²) < 4.78 is 0. The third-order valence-corrected chi connectivity index (χ3v) is 5.42. The molecule has 3 atom stereocenters. The number of carbonyl (C=O) groups excluding carboxylic acids is 1. The SMILES string of the molecule is O=C1NNC(c2ccc3c(c2)CCC3)C2CCCCC12. The molecule has 3 heteroatoms. The number of aryl methyl sites for hydroxylation is 2. The van der Waals surface area contributed by atoms with Crippen molar-refractivity contribution in [2.45, 2.75) is 51.0 Å². The normalized spacial score (nSPS) is 32.4. The number of hydrogen-bond donors (Lipinski definition) is 2. The Balaban J connectivity index is 1.65. The average molecular weight is 270 g/mol. The van der Waals surface area contributed by atoms with Crippen molar-refractivity contribution in [1.82, 2.24) is 10.9 Å². The number of benzene rings is 1. The quantitative estimate of drug-likeness (QED) is 0.823. The van der Waals surface area contributed by atoms with Gasteiger partial charge in [0.1, 0.15) is 0 Å². The molecule has 1 saturated carbocycles. The third kappa shape index (κ3) is 1.96. The predicted molar refractivity (Wildman–Crippen MR) is 77.9 cm³/mol. The second kappa shape index (κ2) is 4.88. The lowest BCUT2D eigenvalue weighted by molar-refractivity contribution is -0.133. The highest BCUT2D eigenvalue weighted by molar-refractivity contribution is 5.79. The molecule has 2 N–H and O–H groups in total. The van der Waals surface area contributed by atoms with Crippen molar-refractivity contribution in [3.8, 4) is 0 Å². The van der Waals surface area contributed by atoms with Crippen molar-refractivity contribution in [2.75, 3.05) is 0 Å². The van der Waals surface area contributed by atoms with Gasteiger partial charge in [-0.05, 0) is 54.7 Å². The Labute approximate surface area is 120 Å². The molecule has 3 aliphatic rings. The van der Waals surface area contributed by atoms with Gasteiger partial charge in [-0.15, -0.1) is 0 Å². The van der Waals surface area contributed by atoms with Crippen LogP contribution in [0.2, 0.25) is 0 Å². The Morgan fingerprint density at radius 2 is 1.85 bits per heavy atom. The number of carbonyl (C=O) groups is 1. The average Bonchev–Trinajstić information content (AvgIpc) is 2.95. The van der Waals surface area contributed by atoms with Crippen LogP contribution in [-0.2, 0) is 17.6 Å². The Morgan fingerprint density at radius 1 is 1.00 bits per heavy atom. The second-order valence-corrected chi connectivity index (χ2v) is 6.55. The first-order valence-electron chi connectivity index (χ1n) is 8.00. The van der Waals surface area contributed by atoms with E-state index in [1.165, 1.54) is 55.2 Å². The largest absolute Gasteiger partial charge is 0.291 e. The van der Waals surface area contributed by atoms with E-state index in [-0.39, 0.29) is 11.8 Å². The van der Waals surface area contributed by atoms with Crippen LogP contribution < -0.4 is 10.9 Å². The van der Waals surface area contributed by atoms with E-state index < -0.39 is 0 Å². The van der Waals surface area contributed by atoms with Crippen LogP contribution in [0, 0.1) is 11.8 Å². The summed E-state index contributed by atoms with van der Waals surface area (Å²) in [7, 11) is 0. The van der Waals surface area contributed by atoms with Crippen LogP contribution in [-0.4, -0.2) is 5.91 Å². The van der Waals surface area contributed by atoms with Gasteiger partial charge in [-0.3, -0.25) is 10.2 Å². The maximum Gasteiger partial charge on any atom is 0.237 e. The van der Waals surface area contributed by atoms with Gasteiger partial charge in [0.05, 0.1) is 6.04 Å². The smallest absolute Gasteiger partial charge is 0.237 e. The molecule has 20 heavy (non-hydrogen) atoms. The maximum atomic E-state index is 12.0. The molecule has 1 aliphatic heterocycles. The summed E-state index contributed by atoms with van der Waals surface area (Å²) in [6, 6.07) is 7.24. The first kappa shape index (κ1) is 12.4. The summed E-state index contributed by atoms with van der Waals surface area (Å²) in [6.45, 7) is 0. The van der Waals surface area contributed by atoms with Crippen molar-refractivity contribution >= 4 is 5.91 Å². The minimum atomic E-state index is 0.201. The fourth-order valence-electron chi connectivity index (χ4n) is 4.35. The van der Waals surface area contributed by atoms with Crippen LogP contribution in [0.15, 0.2) is 18.2 Å². The summed E-state index contributed by atoms with van der Waals surface area (Å²) in [6.07, 6.45) is 8.43. The first-order chi connectivity index (χ1) is 9.83. The van der Waals surface area contributed by atoms with Gasteiger partial charge < -0.3 is 0 Å². The van der Waals surface area contributed by atoms with Gasteiger partial charge in [-0.1, -0.05) is 31.0 Å². The molecule has 1 heterocycles. The lowest BCUT2D eigenvalue weighted by Crippen LogP contribution is -2.55. The van der Waals surface area contributed by atoms with E-state index in [0.717, 1.165) is 6.42 Å². The summed E-state index contributed by atoms with van der Waals surface area (Å²) in [5.74, 6) is 0.882. The number of amides is 1. The van der Waals surface area contributed by atoms with Crippen LogP contribution in [0.3, 0.4) is 0 Å². The number of fused-ring (bicyclic) bond motifs is 2. The van der Waals surface area contributed by atoms with E-state index in [2.05, 4.69) is 29.1 Å². The number of hydrazine groups is 1. The minimum absolute atomic E-state index is 0.201. The van der Waals surface area contributed by atoms with Gasteiger partial charge in [0.25, 0.3) is 0 Å². The van der Waals surface area contributed by atoms with Crippen LogP contribution in [0.5, 0.6) is 0 Å². The molecule has 1 aromatic rings. The number of nitrogens with one attached hydrogen (secondary N) is 2. The third-order valence-electron chi connectivity index (χ3n) is 5.42. The highest BCUT2D eigenvalue weighted by atomic mass is 16.2. The molecule has 1 aromatic carbocycles. The first-order valence-corrected chi connectivity index (χ1v) is 8.00. The molecule has 3 nitrogen and oxygen atoms in total. The Kier molecular flexibility index (Phi) is 3.03. The molecule has 1 amide bonds. The Morgan fingerprint density at radius 3 is 2.80 bits per heavy atom. The zero-order valence-corrected chi connectivity index (χ0v) is 11.8. The summed E-state index contributed by atoms with van der Waals surface area (Å²) in [5, 5.41) is 0. The standard InChI is InChI=1S/C17H22N2O/c20-17-15-7-2-1-6-14(15)16(18-19-17)13-9-8-11-4-3-5-12(11)10-13/h8-10,14-16,18H,1-7H2,(H,19,20). The maximum absolute atomic E-state index is 12.0. The van der Waals surface area contributed by atoms with Gasteiger partial charge in [0.15, 0.2) is 0 Å². The van der Waals surface area contributed by atoms with E-state index in [0.29, 0.717) is 12.0 Å². The molecule has 0 bridgehead atoms. The summed E-state index contributed by atoms with van der Waals surface area (Å²) in [5.41, 5.74) is 10.6. The van der Waals surface area contributed by atoms with Gasteiger partial charge in [0.2, 0.25) is 5.91 Å². The number of rotatable bonds is 1. The molecule has 4 rings (SSSR count). The van der Waals surface area contributed by atoms with Gasteiger partial charge >= 0.3 is 0 Å². The number of hydrogen-bond acceptors (Lipinski definition) is 2. The van der Waals surface area contributed by atoms with Crippen LogP contribution in [0.4, 0.5) is 0 Å². The lowest BCUT2D eigenvalue weighted by atomic mass is 9.72. The van der Waals surface area contributed by atoms with Gasteiger partial charge in [-0.25, -0.2) is 5.43 Å². The molecule has 2 aliphatic carbocycles. The summed E-state index contributed by atoms with van der Waals surface area (Å²) in [4.78, 5) is 12.0. The molecule has 0 aromatic heterocycles. The van der Waals surface area contributed by atoms with E-state index in [1.54, 1.807) is 0 Å².